The molecule has 3 rings (SSSR count). The minimum Gasteiger partial charge on any atom is -0.497 e. The Morgan fingerprint density at radius 2 is 2.00 bits per heavy atom. The van der Waals surface area contributed by atoms with Gasteiger partial charge in [0.2, 0.25) is 0 Å². The van der Waals surface area contributed by atoms with Crippen molar-refractivity contribution in [1.82, 2.24) is 20.4 Å². The Kier molecular flexibility index (Phi) is 6.92. The Balaban J connectivity index is 1.48. The van der Waals surface area contributed by atoms with Gasteiger partial charge < -0.3 is 15.4 Å². The zero-order valence-corrected chi connectivity index (χ0v) is 16.8. The molecule has 6 nitrogen and oxygen atoms in total. The third-order valence-electron chi connectivity index (χ3n) is 4.29. The van der Waals surface area contributed by atoms with Crippen LogP contribution in [0.1, 0.15) is 11.1 Å². The summed E-state index contributed by atoms with van der Waals surface area (Å²) in [7, 11) is 3.38. The molecule has 1 heterocycles. The molecule has 0 aliphatic carbocycles. The van der Waals surface area contributed by atoms with Crippen molar-refractivity contribution in [1.29, 1.82) is 0 Å². The van der Waals surface area contributed by atoms with Crippen molar-refractivity contribution in [2.75, 3.05) is 20.7 Å². The van der Waals surface area contributed by atoms with Crippen molar-refractivity contribution in [2.45, 2.75) is 13.0 Å². The molecule has 0 saturated heterocycles. The summed E-state index contributed by atoms with van der Waals surface area (Å²) in [6.45, 7) is 1.35. The van der Waals surface area contributed by atoms with Gasteiger partial charge in [-0.25, -0.2) is 4.68 Å². The number of ether oxygens (including phenoxy) is 1. The monoisotopic (exact) mass is 397 g/mol. The van der Waals surface area contributed by atoms with Crippen LogP contribution in [-0.4, -0.2) is 36.4 Å². The number of guanidine groups is 1. The van der Waals surface area contributed by atoms with Crippen molar-refractivity contribution >= 4 is 17.6 Å². The van der Waals surface area contributed by atoms with Crippen LogP contribution < -0.4 is 15.4 Å². The minimum absolute atomic E-state index is 0.635. The molecule has 0 fully saturated rings. The number of nitrogens with zero attached hydrogens (tertiary/aromatic N) is 3. The summed E-state index contributed by atoms with van der Waals surface area (Å²) >= 11 is 6.29. The van der Waals surface area contributed by atoms with Gasteiger partial charge >= 0.3 is 0 Å². The van der Waals surface area contributed by atoms with Crippen LogP contribution in [0.25, 0.3) is 5.69 Å². The van der Waals surface area contributed by atoms with Crippen molar-refractivity contribution in [3.8, 4) is 11.4 Å². The number of halogens is 1. The first-order chi connectivity index (χ1) is 13.7. The molecule has 0 saturated carbocycles. The summed E-state index contributed by atoms with van der Waals surface area (Å²) < 4.78 is 7.04. The van der Waals surface area contributed by atoms with Crippen molar-refractivity contribution in [3.05, 3.63) is 77.1 Å². The van der Waals surface area contributed by atoms with Gasteiger partial charge in [-0.2, -0.15) is 5.10 Å². The van der Waals surface area contributed by atoms with Gasteiger partial charge in [-0.3, -0.25) is 4.99 Å². The summed E-state index contributed by atoms with van der Waals surface area (Å²) in [4.78, 5) is 4.26. The second kappa shape index (κ2) is 9.80. The number of hydrogen-bond acceptors (Lipinski definition) is 3. The van der Waals surface area contributed by atoms with Crippen LogP contribution in [0.2, 0.25) is 5.02 Å². The highest BCUT2D eigenvalue weighted by Gasteiger charge is 2.05. The standard InChI is InChI=1S/C21H24ClN5O/c1-23-21(24-11-10-17-8-9-19(28-2)12-20(17)22)25-13-16-14-26-27(15-16)18-6-4-3-5-7-18/h3-9,12,14-15H,10-11,13H2,1-2H3,(H2,23,24,25). The number of methoxy groups -OCH3 is 1. The molecule has 2 N–H and O–H groups in total. The average Bonchev–Trinajstić information content (AvgIpc) is 3.21. The minimum atomic E-state index is 0.635. The molecule has 0 spiro atoms. The van der Waals surface area contributed by atoms with Crippen LogP contribution in [0.15, 0.2) is 65.9 Å². The zero-order chi connectivity index (χ0) is 19.8. The van der Waals surface area contributed by atoms with Crippen LogP contribution in [-0.2, 0) is 13.0 Å². The molecular formula is C21H24ClN5O. The second-order valence-corrected chi connectivity index (χ2v) is 6.60. The molecule has 0 unspecified atom stereocenters. The first-order valence-corrected chi connectivity index (χ1v) is 9.43. The van der Waals surface area contributed by atoms with E-state index in [2.05, 4.69) is 20.7 Å². The highest BCUT2D eigenvalue weighted by molar-refractivity contribution is 6.31. The van der Waals surface area contributed by atoms with E-state index in [1.54, 1.807) is 14.2 Å². The maximum Gasteiger partial charge on any atom is 0.191 e. The molecule has 146 valence electrons. The van der Waals surface area contributed by atoms with E-state index in [1.807, 2.05) is 65.6 Å². The lowest BCUT2D eigenvalue weighted by atomic mass is 10.1. The Hall–Kier alpha value is -2.99. The SMILES string of the molecule is CN=C(NCCc1ccc(OC)cc1Cl)NCc1cnn(-c2ccccc2)c1. The smallest absolute Gasteiger partial charge is 0.191 e. The Bertz CT molecular complexity index is 924. The van der Waals surface area contributed by atoms with E-state index in [-0.39, 0.29) is 0 Å². The highest BCUT2D eigenvalue weighted by atomic mass is 35.5. The molecule has 28 heavy (non-hydrogen) atoms. The molecule has 3 aromatic rings. The molecular weight excluding hydrogens is 374 g/mol. The first kappa shape index (κ1) is 19.8. The van der Waals surface area contributed by atoms with Gasteiger partial charge in [-0.15, -0.1) is 0 Å². The van der Waals surface area contributed by atoms with Crippen molar-refractivity contribution in [2.24, 2.45) is 4.99 Å². The number of para-hydroxylation sites is 1. The van der Waals surface area contributed by atoms with Crippen LogP contribution in [0, 0.1) is 0 Å². The van der Waals surface area contributed by atoms with Crippen LogP contribution >= 0.6 is 11.6 Å². The molecule has 1 aromatic heterocycles. The summed E-state index contributed by atoms with van der Waals surface area (Å²) in [5, 5.41) is 11.7. The van der Waals surface area contributed by atoms with E-state index in [1.165, 1.54) is 0 Å². The molecule has 7 heteroatoms. The summed E-state index contributed by atoms with van der Waals surface area (Å²) in [6.07, 6.45) is 4.65. The van der Waals surface area contributed by atoms with Gasteiger partial charge in [0.25, 0.3) is 0 Å². The van der Waals surface area contributed by atoms with Gasteiger partial charge in [-0.1, -0.05) is 35.9 Å². The molecule has 0 atom stereocenters. The van der Waals surface area contributed by atoms with E-state index >= 15 is 0 Å². The fourth-order valence-corrected chi connectivity index (χ4v) is 3.02. The normalized spacial score (nSPS) is 11.3. The number of nitrogens with one attached hydrogen (secondary N) is 2. The van der Waals surface area contributed by atoms with Gasteiger partial charge in [0.15, 0.2) is 5.96 Å². The largest absolute Gasteiger partial charge is 0.497 e. The molecule has 0 amide bonds. The maximum atomic E-state index is 6.29. The van der Waals surface area contributed by atoms with Gasteiger partial charge in [0, 0.05) is 36.9 Å². The third-order valence-corrected chi connectivity index (χ3v) is 4.64. The first-order valence-electron chi connectivity index (χ1n) is 9.05. The number of benzene rings is 2. The third kappa shape index (κ3) is 5.27. The summed E-state index contributed by atoms with van der Waals surface area (Å²) in [5.41, 5.74) is 3.17. The molecule has 0 bridgehead atoms. The van der Waals surface area contributed by atoms with E-state index in [4.69, 9.17) is 16.3 Å². The van der Waals surface area contributed by atoms with E-state index < -0.39 is 0 Å². The van der Waals surface area contributed by atoms with Crippen LogP contribution in [0.5, 0.6) is 5.75 Å². The molecule has 0 aliphatic heterocycles. The second-order valence-electron chi connectivity index (χ2n) is 6.19. The van der Waals surface area contributed by atoms with Crippen molar-refractivity contribution in [3.63, 3.8) is 0 Å². The summed E-state index contributed by atoms with van der Waals surface area (Å²) in [6, 6.07) is 15.8. The fraction of sp³-hybridized carbons (Fsp3) is 0.238. The highest BCUT2D eigenvalue weighted by Crippen LogP contribution is 2.22. The van der Waals surface area contributed by atoms with Crippen LogP contribution in [0.4, 0.5) is 0 Å². The predicted molar refractivity (Wildman–Crippen MR) is 113 cm³/mol. The Labute approximate surface area is 170 Å². The lowest BCUT2D eigenvalue weighted by Gasteiger charge is -2.12. The summed E-state index contributed by atoms with van der Waals surface area (Å²) in [5.74, 6) is 1.49. The molecule has 0 radical (unpaired) electrons. The zero-order valence-electron chi connectivity index (χ0n) is 16.0. The Morgan fingerprint density at radius 3 is 2.71 bits per heavy atom. The van der Waals surface area contributed by atoms with Gasteiger partial charge in [-0.05, 0) is 36.2 Å². The van der Waals surface area contributed by atoms with E-state index in [0.29, 0.717) is 11.6 Å². The fourth-order valence-electron chi connectivity index (χ4n) is 2.75. The van der Waals surface area contributed by atoms with Gasteiger partial charge in [0.1, 0.15) is 5.75 Å². The Morgan fingerprint density at radius 1 is 1.18 bits per heavy atom. The quantitative estimate of drug-likeness (QED) is 0.473. The van der Waals surface area contributed by atoms with Crippen LogP contribution in [0.3, 0.4) is 0 Å². The van der Waals surface area contributed by atoms with E-state index in [0.717, 1.165) is 41.5 Å². The van der Waals surface area contributed by atoms with Crippen molar-refractivity contribution < 1.29 is 4.74 Å². The molecule has 2 aromatic carbocycles. The maximum absolute atomic E-state index is 6.29. The van der Waals surface area contributed by atoms with E-state index in [9.17, 15) is 0 Å². The lowest BCUT2D eigenvalue weighted by Crippen LogP contribution is -2.37. The lowest BCUT2D eigenvalue weighted by molar-refractivity contribution is 0.414. The van der Waals surface area contributed by atoms with Gasteiger partial charge in [0.05, 0.1) is 19.0 Å². The molecule has 0 aliphatic rings. The predicted octanol–water partition coefficient (Wildman–Crippen LogP) is 3.44. The number of aliphatic imine (C=N–C) groups is 1. The number of hydrogen-bond donors (Lipinski definition) is 2. The number of rotatable bonds is 7. The average molecular weight is 398 g/mol. The topological polar surface area (TPSA) is 63.5 Å². The number of aromatic nitrogens is 2.